The Labute approximate surface area is 115 Å². The van der Waals surface area contributed by atoms with Gasteiger partial charge in [-0.25, -0.2) is 0 Å². The number of nitriles is 1. The van der Waals surface area contributed by atoms with Crippen molar-refractivity contribution in [3.8, 4) is 6.07 Å². The lowest BCUT2D eigenvalue weighted by atomic mass is 9.93. The molecule has 0 amide bonds. The van der Waals surface area contributed by atoms with E-state index in [1.807, 2.05) is 12.1 Å². The Bertz CT molecular complexity index is 415. The first-order chi connectivity index (χ1) is 9.28. The van der Waals surface area contributed by atoms with Crippen molar-refractivity contribution in [1.29, 1.82) is 5.26 Å². The van der Waals surface area contributed by atoms with Crippen molar-refractivity contribution in [3.63, 3.8) is 0 Å². The highest BCUT2D eigenvalue weighted by atomic mass is 16.5. The smallest absolute Gasteiger partial charge is 0.0669 e. The predicted molar refractivity (Wildman–Crippen MR) is 77.0 cm³/mol. The van der Waals surface area contributed by atoms with Crippen molar-refractivity contribution >= 4 is 5.69 Å². The Balaban J connectivity index is 1.80. The summed E-state index contributed by atoms with van der Waals surface area (Å²) in [6, 6.07) is 10.8. The normalized spacial score (nSPS) is 17.7. The topological polar surface area (TPSA) is 45.0 Å². The van der Waals surface area contributed by atoms with E-state index in [1.165, 1.54) is 19.3 Å². The molecule has 1 fully saturated rings. The van der Waals surface area contributed by atoms with Gasteiger partial charge in [0.25, 0.3) is 0 Å². The fraction of sp³-hybridized carbons (Fsp3) is 0.562. The quantitative estimate of drug-likeness (QED) is 0.880. The number of rotatable bonds is 5. The standard InChI is InChI=1S/C16H22N2O/c1-13(12-15-7-10-19-11-8-15)18-16-4-2-14(3-5-16)6-9-17/h2-5,13,15,18H,6-8,10-12H2,1H3/t13-/m1/s1. The lowest BCUT2D eigenvalue weighted by Crippen LogP contribution is -2.24. The molecule has 3 heteroatoms. The second-order valence-corrected chi connectivity index (χ2v) is 5.37. The lowest BCUT2D eigenvalue weighted by Gasteiger charge is -2.25. The van der Waals surface area contributed by atoms with Crippen LogP contribution in [0.25, 0.3) is 0 Å². The molecule has 102 valence electrons. The van der Waals surface area contributed by atoms with Crippen molar-refractivity contribution in [1.82, 2.24) is 0 Å². The van der Waals surface area contributed by atoms with Crippen LogP contribution in [0.1, 0.15) is 31.7 Å². The van der Waals surface area contributed by atoms with E-state index in [2.05, 4.69) is 30.4 Å². The summed E-state index contributed by atoms with van der Waals surface area (Å²) in [6.45, 7) is 4.07. The average molecular weight is 258 g/mol. The van der Waals surface area contributed by atoms with Crippen LogP contribution >= 0.6 is 0 Å². The number of anilines is 1. The number of ether oxygens (including phenoxy) is 1. The van der Waals surface area contributed by atoms with Gasteiger partial charge in [0.05, 0.1) is 12.5 Å². The minimum Gasteiger partial charge on any atom is -0.383 e. The molecule has 19 heavy (non-hydrogen) atoms. The fourth-order valence-electron chi connectivity index (χ4n) is 2.64. The third kappa shape index (κ3) is 4.57. The van der Waals surface area contributed by atoms with E-state index >= 15 is 0 Å². The van der Waals surface area contributed by atoms with Crippen LogP contribution in [0.4, 0.5) is 5.69 Å². The van der Waals surface area contributed by atoms with Crippen LogP contribution in [0, 0.1) is 17.2 Å². The molecule has 0 radical (unpaired) electrons. The Hall–Kier alpha value is -1.53. The molecule has 1 atom stereocenters. The number of benzene rings is 1. The van der Waals surface area contributed by atoms with Crippen molar-refractivity contribution in [3.05, 3.63) is 29.8 Å². The second kappa shape index (κ2) is 7.16. The van der Waals surface area contributed by atoms with Gasteiger partial charge in [-0.15, -0.1) is 0 Å². The largest absolute Gasteiger partial charge is 0.383 e. The molecule has 0 spiro atoms. The minimum atomic E-state index is 0.477. The Kier molecular flexibility index (Phi) is 5.23. The van der Waals surface area contributed by atoms with E-state index < -0.39 is 0 Å². The van der Waals surface area contributed by atoms with Gasteiger partial charge in [0.15, 0.2) is 0 Å². The van der Waals surface area contributed by atoms with E-state index in [-0.39, 0.29) is 0 Å². The third-order valence-electron chi connectivity index (χ3n) is 3.68. The highest BCUT2D eigenvalue weighted by molar-refractivity contribution is 5.45. The predicted octanol–water partition coefficient (Wildman–Crippen LogP) is 3.37. The maximum absolute atomic E-state index is 8.64. The summed E-state index contributed by atoms with van der Waals surface area (Å²) >= 11 is 0. The molecule has 1 aromatic carbocycles. The van der Waals surface area contributed by atoms with Gasteiger partial charge in [0.1, 0.15) is 0 Å². The lowest BCUT2D eigenvalue weighted by molar-refractivity contribution is 0.0629. The molecule has 0 unspecified atom stereocenters. The molecule has 1 N–H and O–H groups in total. The average Bonchev–Trinajstić information content (AvgIpc) is 2.42. The molecular weight excluding hydrogens is 236 g/mol. The molecular formula is C16H22N2O. The van der Waals surface area contributed by atoms with Crippen LogP contribution in [-0.2, 0) is 11.2 Å². The van der Waals surface area contributed by atoms with Crippen LogP contribution in [0.2, 0.25) is 0 Å². The Morgan fingerprint density at radius 1 is 1.32 bits per heavy atom. The molecule has 2 rings (SSSR count). The van der Waals surface area contributed by atoms with Crippen LogP contribution in [0.5, 0.6) is 0 Å². The van der Waals surface area contributed by atoms with Crippen LogP contribution in [-0.4, -0.2) is 19.3 Å². The van der Waals surface area contributed by atoms with E-state index in [1.54, 1.807) is 0 Å². The highest BCUT2D eigenvalue weighted by Gasteiger charge is 2.16. The summed E-state index contributed by atoms with van der Waals surface area (Å²) in [5, 5.41) is 12.2. The van der Waals surface area contributed by atoms with Gasteiger partial charge in [-0.1, -0.05) is 12.1 Å². The van der Waals surface area contributed by atoms with E-state index in [4.69, 9.17) is 10.00 Å². The summed E-state index contributed by atoms with van der Waals surface area (Å²) in [5.74, 6) is 0.786. The fourth-order valence-corrected chi connectivity index (χ4v) is 2.64. The molecule has 3 nitrogen and oxygen atoms in total. The van der Waals surface area contributed by atoms with Gasteiger partial charge in [-0.2, -0.15) is 5.26 Å². The molecule has 0 aromatic heterocycles. The summed E-state index contributed by atoms with van der Waals surface area (Å²) in [4.78, 5) is 0. The van der Waals surface area contributed by atoms with Crippen LogP contribution < -0.4 is 5.32 Å². The molecule has 1 aliphatic rings. The first kappa shape index (κ1) is 13.9. The maximum Gasteiger partial charge on any atom is 0.0669 e. The third-order valence-corrected chi connectivity index (χ3v) is 3.68. The van der Waals surface area contributed by atoms with Crippen LogP contribution in [0.3, 0.4) is 0 Å². The molecule has 0 aliphatic carbocycles. The first-order valence-electron chi connectivity index (χ1n) is 7.08. The monoisotopic (exact) mass is 258 g/mol. The van der Waals surface area contributed by atoms with Gasteiger partial charge in [0, 0.05) is 24.9 Å². The van der Waals surface area contributed by atoms with E-state index in [0.717, 1.165) is 30.4 Å². The summed E-state index contributed by atoms with van der Waals surface area (Å²) < 4.78 is 5.39. The van der Waals surface area contributed by atoms with Crippen LogP contribution in [0.15, 0.2) is 24.3 Å². The SMILES string of the molecule is C[C@H](CC1CCOCC1)Nc1ccc(CC#N)cc1. The molecule has 0 bridgehead atoms. The number of hydrogen-bond donors (Lipinski definition) is 1. The van der Waals surface area contributed by atoms with Gasteiger partial charge in [-0.3, -0.25) is 0 Å². The van der Waals surface area contributed by atoms with Crippen molar-refractivity contribution in [2.75, 3.05) is 18.5 Å². The first-order valence-corrected chi connectivity index (χ1v) is 7.08. The highest BCUT2D eigenvalue weighted by Crippen LogP contribution is 2.22. The van der Waals surface area contributed by atoms with Gasteiger partial charge >= 0.3 is 0 Å². The summed E-state index contributed by atoms with van der Waals surface area (Å²) in [7, 11) is 0. The van der Waals surface area contributed by atoms with Gasteiger partial charge in [0.2, 0.25) is 0 Å². The molecule has 1 heterocycles. The zero-order chi connectivity index (χ0) is 13.5. The van der Waals surface area contributed by atoms with E-state index in [9.17, 15) is 0 Å². The van der Waals surface area contributed by atoms with Crippen molar-refractivity contribution < 1.29 is 4.74 Å². The summed E-state index contributed by atoms with van der Waals surface area (Å²) in [6.07, 6.45) is 4.06. The van der Waals surface area contributed by atoms with E-state index in [0.29, 0.717) is 12.5 Å². The van der Waals surface area contributed by atoms with Gasteiger partial charge in [-0.05, 0) is 49.8 Å². The van der Waals surface area contributed by atoms with Crippen molar-refractivity contribution in [2.45, 2.75) is 38.6 Å². The van der Waals surface area contributed by atoms with Crippen molar-refractivity contribution in [2.24, 2.45) is 5.92 Å². The minimum absolute atomic E-state index is 0.477. The second-order valence-electron chi connectivity index (χ2n) is 5.37. The zero-order valence-corrected chi connectivity index (χ0v) is 11.6. The number of nitrogens with zero attached hydrogens (tertiary/aromatic N) is 1. The Morgan fingerprint density at radius 2 is 2.00 bits per heavy atom. The molecule has 1 aliphatic heterocycles. The molecule has 1 saturated heterocycles. The maximum atomic E-state index is 8.64. The Morgan fingerprint density at radius 3 is 2.63 bits per heavy atom. The number of nitrogens with one attached hydrogen (secondary N) is 1. The number of hydrogen-bond acceptors (Lipinski definition) is 3. The molecule has 1 aromatic rings. The summed E-state index contributed by atoms with van der Waals surface area (Å²) in [5.41, 5.74) is 2.21. The van der Waals surface area contributed by atoms with Gasteiger partial charge < -0.3 is 10.1 Å². The molecule has 0 saturated carbocycles. The zero-order valence-electron chi connectivity index (χ0n) is 11.6.